The number of hydrogen-bond acceptors (Lipinski definition) is 2. The summed E-state index contributed by atoms with van der Waals surface area (Å²) < 4.78 is 26.7. The number of nitrogens with one attached hydrogen (secondary N) is 1. The molecule has 1 fully saturated rings. The molecule has 1 aromatic rings. The van der Waals surface area contributed by atoms with Gasteiger partial charge in [-0.25, -0.2) is 8.78 Å². The van der Waals surface area contributed by atoms with Gasteiger partial charge >= 0.3 is 0 Å². The largest absolute Gasteiger partial charge is 0.350 e. The minimum Gasteiger partial charge on any atom is -0.350 e. The van der Waals surface area contributed by atoms with Gasteiger partial charge in [-0.3, -0.25) is 9.59 Å². The molecular formula is C17H22F2N2O2. The first kappa shape index (κ1) is 17.4. The zero-order chi connectivity index (χ0) is 17.2. The van der Waals surface area contributed by atoms with Gasteiger partial charge in [0.25, 0.3) is 5.91 Å². The molecule has 0 aromatic heterocycles. The van der Waals surface area contributed by atoms with Gasteiger partial charge in [0.15, 0.2) is 0 Å². The zero-order valence-corrected chi connectivity index (χ0v) is 13.7. The molecule has 2 amide bonds. The lowest BCUT2D eigenvalue weighted by Crippen LogP contribution is -2.55. The van der Waals surface area contributed by atoms with Crippen molar-refractivity contribution in [2.45, 2.75) is 51.6 Å². The fourth-order valence-corrected chi connectivity index (χ4v) is 2.74. The zero-order valence-electron chi connectivity index (χ0n) is 13.7. The second-order valence-corrected chi connectivity index (χ2v) is 6.91. The van der Waals surface area contributed by atoms with Crippen LogP contribution in [0.3, 0.4) is 0 Å². The van der Waals surface area contributed by atoms with Crippen molar-refractivity contribution in [3.8, 4) is 0 Å². The van der Waals surface area contributed by atoms with Crippen LogP contribution in [0.5, 0.6) is 0 Å². The Bertz CT molecular complexity index is 591. The van der Waals surface area contributed by atoms with Gasteiger partial charge in [0.2, 0.25) is 5.91 Å². The molecule has 0 saturated carbocycles. The van der Waals surface area contributed by atoms with Crippen LogP contribution in [-0.2, 0) is 4.79 Å². The topological polar surface area (TPSA) is 49.4 Å². The molecule has 4 nitrogen and oxygen atoms in total. The fraction of sp³-hybridized carbons (Fsp3) is 0.529. The average Bonchev–Trinajstić information content (AvgIpc) is 2.43. The second-order valence-electron chi connectivity index (χ2n) is 6.91. The van der Waals surface area contributed by atoms with Crippen LogP contribution in [0.15, 0.2) is 18.2 Å². The van der Waals surface area contributed by atoms with E-state index in [4.69, 9.17) is 0 Å². The van der Waals surface area contributed by atoms with Crippen molar-refractivity contribution in [2.24, 2.45) is 0 Å². The number of benzene rings is 1. The molecule has 126 valence electrons. The molecule has 2 rings (SSSR count). The van der Waals surface area contributed by atoms with Crippen molar-refractivity contribution in [3.05, 3.63) is 35.4 Å². The van der Waals surface area contributed by atoms with Crippen molar-refractivity contribution in [2.75, 3.05) is 6.54 Å². The first-order chi connectivity index (χ1) is 10.7. The van der Waals surface area contributed by atoms with Crippen LogP contribution < -0.4 is 5.32 Å². The van der Waals surface area contributed by atoms with Crippen molar-refractivity contribution >= 4 is 11.8 Å². The summed E-state index contributed by atoms with van der Waals surface area (Å²) in [6.45, 7) is 5.99. The van der Waals surface area contributed by atoms with Gasteiger partial charge in [0.1, 0.15) is 17.7 Å². The number of piperidine rings is 1. The minimum atomic E-state index is -0.805. The van der Waals surface area contributed by atoms with E-state index in [1.165, 1.54) is 4.90 Å². The maximum absolute atomic E-state index is 13.3. The maximum atomic E-state index is 13.3. The monoisotopic (exact) mass is 324 g/mol. The predicted molar refractivity (Wildman–Crippen MR) is 82.9 cm³/mol. The molecule has 1 aromatic carbocycles. The summed E-state index contributed by atoms with van der Waals surface area (Å²) in [6, 6.07) is 2.11. The van der Waals surface area contributed by atoms with E-state index < -0.39 is 29.1 Å². The molecule has 0 unspecified atom stereocenters. The number of likely N-dealkylation sites (tertiary alicyclic amines) is 1. The van der Waals surface area contributed by atoms with Gasteiger partial charge in [0, 0.05) is 23.7 Å². The van der Waals surface area contributed by atoms with Crippen LogP contribution in [0, 0.1) is 11.6 Å². The van der Waals surface area contributed by atoms with Gasteiger partial charge < -0.3 is 10.2 Å². The third-order valence-corrected chi connectivity index (χ3v) is 3.67. The smallest absolute Gasteiger partial charge is 0.254 e. The van der Waals surface area contributed by atoms with Crippen LogP contribution in [0.25, 0.3) is 0 Å². The molecule has 0 radical (unpaired) electrons. The van der Waals surface area contributed by atoms with Crippen molar-refractivity contribution in [3.63, 3.8) is 0 Å². The third-order valence-electron chi connectivity index (χ3n) is 3.67. The lowest BCUT2D eigenvalue weighted by Gasteiger charge is -2.36. The predicted octanol–water partition coefficient (Wildman–Crippen LogP) is 2.87. The number of carbonyl (C=O) groups is 2. The highest BCUT2D eigenvalue weighted by atomic mass is 19.1. The third kappa shape index (κ3) is 4.50. The maximum Gasteiger partial charge on any atom is 0.254 e. The van der Waals surface area contributed by atoms with Gasteiger partial charge in [-0.15, -0.1) is 0 Å². The molecule has 0 spiro atoms. The van der Waals surface area contributed by atoms with Gasteiger partial charge in [-0.1, -0.05) is 0 Å². The Hall–Kier alpha value is -1.98. The van der Waals surface area contributed by atoms with E-state index in [9.17, 15) is 18.4 Å². The number of halogens is 2. The van der Waals surface area contributed by atoms with Crippen LogP contribution in [0.2, 0.25) is 0 Å². The SMILES string of the molecule is CC(C)(C)NC(=O)[C@H]1CCCCN1C(=O)c1cc(F)cc(F)c1. The Morgan fingerprint density at radius 1 is 1.13 bits per heavy atom. The van der Waals surface area contributed by atoms with E-state index in [1.54, 1.807) is 0 Å². The normalized spacial score (nSPS) is 18.7. The number of carbonyl (C=O) groups excluding carboxylic acids is 2. The highest BCUT2D eigenvalue weighted by Gasteiger charge is 2.34. The molecule has 1 N–H and O–H groups in total. The Balaban J connectivity index is 2.23. The minimum absolute atomic E-state index is 0.0713. The summed E-state index contributed by atoms with van der Waals surface area (Å²) in [5.41, 5.74) is -0.480. The van der Waals surface area contributed by atoms with E-state index in [0.29, 0.717) is 13.0 Å². The molecule has 1 saturated heterocycles. The van der Waals surface area contributed by atoms with E-state index in [2.05, 4.69) is 5.32 Å². The number of amides is 2. The summed E-state index contributed by atoms with van der Waals surface area (Å²) in [5, 5.41) is 2.87. The van der Waals surface area contributed by atoms with E-state index in [1.807, 2.05) is 20.8 Å². The molecule has 6 heteroatoms. The lowest BCUT2D eigenvalue weighted by atomic mass is 9.98. The fourth-order valence-electron chi connectivity index (χ4n) is 2.74. The van der Waals surface area contributed by atoms with Crippen LogP contribution in [-0.4, -0.2) is 34.8 Å². The second kappa shape index (κ2) is 6.64. The van der Waals surface area contributed by atoms with Gasteiger partial charge in [-0.2, -0.15) is 0 Å². The van der Waals surface area contributed by atoms with E-state index in [-0.39, 0.29) is 11.5 Å². The Morgan fingerprint density at radius 3 is 2.30 bits per heavy atom. The molecule has 1 aliphatic heterocycles. The van der Waals surface area contributed by atoms with Crippen molar-refractivity contribution in [1.82, 2.24) is 10.2 Å². The Kier molecular flexibility index (Phi) is 5.02. The van der Waals surface area contributed by atoms with Crippen molar-refractivity contribution in [1.29, 1.82) is 0 Å². The standard InChI is InChI=1S/C17H22F2N2O2/c1-17(2,3)20-15(22)14-6-4-5-7-21(14)16(23)11-8-12(18)10-13(19)9-11/h8-10,14H,4-7H2,1-3H3,(H,20,22)/t14-/m1/s1. The summed E-state index contributed by atoms with van der Waals surface area (Å²) in [6.07, 6.45) is 2.15. The number of hydrogen-bond donors (Lipinski definition) is 1. The first-order valence-corrected chi connectivity index (χ1v) is 7.76. The highest BCUT2D eigenvalue weighted by molar-refractivity contribution is 5.97. The van der Waals surface area contributed by atoms with Crippen LogP contribution in [0.1, 0.15) is 50.4 Å². The van der Waals surface area contributed by atoms with E-state index >= 15 is 0 Å². The molecule has 1 aliphatic rings. The summed E-state index contributed by atoms with van der Waals surface area (Å²) in [7, 11) is 0. The molecule has 23 heavy (non-hydrogen) atoms. The molecule has 0 bridgehead atoms. The van der Waals surface area contributed by atoms with E-state index in [0.717, 1.165) is 31.0 Å². The molecule has 1 heterocycles. The Labute approximate surface area is 134 Å². The van der Waals surface area contributed by atoms with Gasteiger partial charge in [0.05, 0.1) is 0 Å². The van der Waals surface area contributed by atoms with Crippen LogP contribution in [0.4, 0.5) is 8.78 Å². The summed E-state index contributed by atoms with van der Waals surface area (Å²) in [4.78, 5) is 26.5. The highest BCUT2D eigenvalue weighted by Crippen LogP contribution is 2.21. The lowest BCUT2D eigenvalue weighted by molar-refractivity contribution is -0.128. The molecule has 1 atom stereocenters. The van der Waals surface area contributed by atoms with Gasteiger partial charge in [-0.05, 0) is 52.2 Å². The van der Waals surface area contributed by atoms with Crippen LogP contribution >= 0.6 is 0 Å². The average molecular weight is 324 g/mol. The summed E-state index contributed by atoms with van der Waals surface area (Å²) in [5.74, 6) is -2.36. The molecule has 0 aliphatic carbocycles. The quantitative estimate of drug-likeness (QED) is 0.909. The number of nitrogens with zero attached hydrogens (tertiary/aromatic N) is 1. The number of rotatable bonds is 2. The first-order valence-electron chi connectivity index (χ1n) is 7.76. The molecular weight excluding hydrogens is 302 g/mol. The van der Waals surface area contributed by atoms with Crippen molar-refractivity contribution < 1.29 is 18.4 Å². The Morgan fingerprint density at radius 2 is 1.74 bits per heavy atom. The summed E-state index contributed by atoms with van der Waals surface area (Å²) >= 11 is 0.